The number of alkyl halides is 1. The fourth-order valence-electron chi connectivity index (χ4n) is 8.67. The van der Waals surface area contributed by atoms with E-state index in [2.05, 4.69) is 13.8 Å². The maximum atomic E-state index is 12.3. The van der Waals surface area contributed by atoms with E-state index in [1.165, 1.54) is 44.9 Å². The zero-order valence-electron chi connectivity index (χ0n) is 18.7. The van der Waals surface area contributed by atoms with Gasteiger partial charge in [-0.2, -0.15) is 0 Å². The number of halogens is 1. The Morgan fingerprint density at radius 2 is 1.69 bits per heavy atom. The fourth-order valence-corrected chi connectivity index (χ4v) is 8.76. The number of fused-ring (bicyclic) bond motifs is 5. The monoisotopic (exact) mass is 422 g/mol. The van der Waals surface area contributed by atoms with E-state index in [0.717, 1.165) is 36.5 Å². The van der Waals surface area contributed by atoms with Crippen molar-refractivity contribution in [2.45, 2.75) is 97.5 Å². The molecule has 0 bridgehead atoms. The predicted molar refractivity (Wildman–Crippen MR) is 115 cm³/mol. The summed E-state index contributed by atoms with van der Waals surface area (Å²) in [6.45, 7) is 8.51. The zero-order chi connectivity index (χ0) is 21.0. The van der Waals surface area contributed by atoms with Crippen molar-refractivity contribution in [1.82, 2.24) is 0 Å². The van der Waals surface area contributed by atoms with Crippen LogP contribution < -0.4 is 0 Å². The Bertz CT molecular complexity index is 660. The van der Waals surface area contributed by atoms with Crippen LogP contribution in [0.1, 0.15) is 91.9 Å². The molecule has 5 unspecified atom stereocenters. The van der Waals surface area contributed by atoms with Gasteiger partial charge in [-0.15, -0.1) is 0 Å². The Morgan fingerprint density at radius 1 is 1.00 bits per heavy atom. The molecule has 4 heteroatoms. The number of rotatable bonds is 4. The summed E-state index contributed by atoms with van der Waals surface area (Å²) in [6, 6.07) is 0. The number of carbonyl (C=O) groups excluding carboxylic acids is 2. The molecule has 0 spiro atoms. The molecule has 4 aliphatic carbocycles. The van der Waals surface area contributed by atoms with Crippen molar-refractivity contribution in [2.24, 2.45) is 46.3 Å². The minimum Gasteiger partial charge on any atom is -0.446 e. The lowest BCUT2D eigenvalue weighted by Crippen LogP contribution is -2.53. The van der Waals surface area contributed by atoms with Gasteiger partial charge in [-0.3, -0.25) is 9.59 Å². The third-order valence-electron chi connectivity index (χ3n) is 10.0. The Labute approximate surface area is 181 Å². The SMILES string of the molecule is CC(=O)C1CC[C@H]2[C@@H]3CC[C@H]4CC(CC(=O)OC(C)Cl)CCC4(C)[C@H]3CCC12C. The Hall–Kier alpha value is -0.570. The van der Waals surface area contributed by atoms with Crippen molar-refractivity contribution in [2.75, 3.05) is 0 Å². The average Bonchev–Trinajstić information content (AvgIpc) is 2.98. The van der Waals surface area contributed by atoms with Gasteiger partial charge in [0.1, 0.15) is 5.78 Å². The summed E-state index contributed by atoms with van der Waals surface area (Å²) < 4.78 is 5.19. The minimum absolute atomic E-state index is 0.135. The standard InChI is InChI=1S/C25H39ClO3/c1-15(27)20-7-8-21-19-6-5-18-13-17(14-23(28)29-16(2)26)9-11-24(18,3)22(19)10-12-25(20,21)4/h16-22H,5-14H2,1-4H3/t16?,17?,18-,19-,20?,21-,22-,24?,25?/m0/s1. The van der Waals surface area contributed by atoms with E-state index in [-0.39, 0.29) is 11.4 Å². The Balaban J connectivity index is 1.45. The van der Waals surface area contributed by atoms with Crippen LogP contribution in [0.15, 0.2) is 0 Å². The number of hydrogen-bond donors (Lipinski definition) is 0. The molecule has 0 aromatic carbocycles. The largest absolute Gasteiger partial charge is 0.446 e. The molecule has 0 heterocycles. The van der Waals surface area contributed by atoms with Gasteiger partial charge in [-0.25, -0.2) is 0 Å². The molecule has 0 N–H and O–H groups in total. The molecule has 0 aromatic rings. The summed E-state index contributed by atoms with van der Waals surface area (Å²) >= 11 is 5.82. The van der Waals surface area contributed by atoms with Crippen LogP contribution in [0.25, 0.3) is 0 Å². The molecule has 29 heavy (non-hydrogen) atoms. The third kappa shape index (κ3) is 3.68. The predicted octanol–water partition coefficient (Wildman–Crippen LogP) is 6.37. The van der Waals surface area contributed by atoms with Crippen LogP contribution in [0.3, 0.4) is 0 Å². The number of hydrogen-bond acceptors (Lipinski definition) is 3. The number of Topliss-reactive ketones (excluding diaryl/α,β-unsaturated/α-hetero) is 1. The smallest absolute Gasteiger partial charge is 0.307 e. The normalized spacial score (nSPS) is 47.5. The highest BCUT2D eigenvalue weighted by molar-refractivity contribution is 6.19. The molecule has 4 saturated carbocycles. The molecular formula is C25H39ClO3. The Kier molecular flexibility index (Phi) is 5.86. The average molecular weight is 423 g/mol. The lowest BCUT2D eigenvalue weighted by atomic mass is 9.44. The highest BCUT2D eigenvalue weighted by atomic mass is 35.5. The maximum Gasteiger partial charge on any atom is 0.307 e. The number of ether oxygens (including phenoxy) is 1. The van der Waals surface area contributed by atoms with Gasteiger partial charge in [-0.05, 0) is 112 Å². The lowest BCUT2D eigenvalue weighted by molar-refractivity contribution is -0.149. The highest BCUT2D eigenvalue weighted by Crippen LogP contribution is 2.67. The summed E-state index contributed by atoms with van der Waals surface area (Å²) in [6.07, 6.45) is 11.6. The van der Waals surface area contributed by atoms with E-state index in [0.29, 0.717) is 29.5 Å². The molecule has 0 saturated heterocycles. The van der Waals surface area contributed by atoms with Crippen molar-refractivity contribution in [3.63, 3.8) is 0 Å². The fraction of sp³-hybridized carbons (Fsp3) is 0.920. The minimum atomic E-state index is -0.534. The number of esters is 1. The second-order valence-corrected chi connectivity index (χ2v) is 11.9. The van der Waals surface area contributed by atoms with Gasteiger partial charge in [0.2, 0.25) is 0 Å². The first-order chi connectivity index (χ1) is 13.6. The van der Waals surface area contributed by atoms with Crippen LogP contribution >= 0.6 is 11.6 Å². The molecule has 0 radical (unpaired) electrons. The molecule has 3 nitrogen and oxygen atoms in total. The van der Waals surface area contributed by atoms with Gasteiger partial charge in [0.25, 0.3) is 0 Å². The van der Waals surface area contributed by atoms with E-state index in [1.807, 2.05) is 6.92 Å². The Morgan fingerprint density at radius 3 is 2.38 bits per heavy atom. The summed E-state index contributed by atoms with van der Waals surface area (Å²) in [5.74, 6) is 4.12. The molecule has 0 aromatic heterocycles. The molecule has 4 aliphatic rings. The van der Waals surface area contributed by atoms with Gasteiger partial charge < -0.3 is 4.74 Å². The quantitative estimate of drug-likeness (QED) is 0.390. The topological polar surface area (TPSA) is 43.4 Å². The van der Waals surface area contributed by atoms with Crippen LogP contribution in [0.4, 0.5) is 0 Å². The van der Waals surface area contributed by atoms with Crippen molar-refractivity contribution in [3.8, 4) is 0 Å². The lowest BCUT2D eigenvalue weighted by Gasteiger charge is -2.61. The van der Waals surface area contributed by atoms with E-state index in [4.69, 9.17) is 16.3 Å². The second kappa shape index (κ2) is 7.84. The summed E-state index contributed by atoms with van der Waals surface area (Å²) in [7, 11) is 0. The zero-order valence-corrected chi connectivity index (χ0v) is 19.5. The highest BCUT2D eigenvalue weighted by Gasteiger charge is 2.60. The van der Waals surface area contributed by atoms with Gasteiger partial charge >= 0.3 is 5.97 Å². The molecule has 9 atom stereocenters. The molecule has 4 fully saturated rings. The summed E-state index contributed by atoms with van der Waals surface area (Å²) in [4.78, 5) is 24.4. The first-order valence-electron chi connectivity index (χ1n) is 12.0. The molecule has 0 aliphatic heterocycles. The van der Waals surface area contributed by atoms with Gasteiger partial charge in [0.05, 0.1) is 0 Å². The van der Waals surface area contributed by atoms with Crippen LogP contribution in [-0.4, -0.2) is 17.3 Å². The molecule has 164 valence electrons. The first kappa shape index (κ1) is 21.7. The van der Waals surface area contributed by atoms with Gasteiger partial charge in [0.15, 0.2) is 5.56 Å². The molecule has 0 amide bonds. The third-order valence-corrected chi connectivity index (χ3v) is 10.1. The number of ketones is 1. The van der Waals surface area contributed by atoms with E-state index in [9.17, 15) is 9.59 Å². The van der Waals surface area contributed by atoms with Crippen LogP contribution in [0.5, 0.6) is 0 Å². The van der Waals surface area contributed by atoms with Crippen LogP contribution in [0, 0.1) is 46.3 Å². The van der Waals surface area contributed by atoms with Crippen LogP contribution in [0.2, 0.25) is 0 Å². The van der Waals surface area contributed by atoms with E-state index >= 15 is 0 Å². The van der Waals surface area contributed by atoms with Crippen molar-refractivity contribution < 1.29 is 14.3 Å². The molecule has 4 rings (SSSR count). The second-order valence-electron chi connectivity index (χ2n) is 11.3. The van der Waals surface area contributed by atoms with Crippen molar-refractivity contribution in [1.29, 1.82) is 0 Å². The molecular weight excluding hydrogens is 384 g/mol. The first-order valence-corrected chi connectivity index (χ1v) is 12.4. The summed E-state index contributed by atoms with van der Waals surface area (Å²) in [5.41, 5.74) is 0.127. The van der Waals surface area contributed by atoms with Crippen molar-refractivity contribution in [3.05, 3.63) is 0 Å². The van der Waals surface area contributed by atoms with Gasteiger partial charge in [0, 0.05) is 12.3 Å². The van der Waals surface area contributed by atoms with Crippen molar-refractivity contribution >= 4 is 23.4 Å². The van der Waals surface area contributed by atoms with Gasteiger partial charge in [-0.1, -0.05) is 25.4 Å². The van der Waals surface area contributed by atoms with E-state index < -0.39 is 5.56 Å². The summed E-state index contributed by atoms with van der Waals surface area (Å²) in [5, 5.41) is 0. The van der Waals surface area contributed by atoms with Crippen LogP contribution in [-0.2, 0) is 14.3 Å². The van der Waals surface area contributed by atoms with E-state index in [1.54, 1.807) is 6.92 Å². The maximum absolute atomic E-state index is 12.3. The number of carbonyl (C=O) groups is 2.